The van der Waals surface area contributed by atoms with E-state index >= 15 is 0 Å². The van der Waals surface area contributed by atoms with Crippen LogP contribution in [0.2, 0.25) is 18.6 Å². The van der Waals surface area contributed by atoms with Crippen LogP contribution in [0.1, 0.15) is 170 Å². The van der Waals surface area contributed by atoms with E-state index in [1.54, 1.807) is 33.4 Å². The van der Waals surface area contributed by atoms with Crippen LogP contribution in [-0.2, 0) is 16.2 Å². The monoisotopic (exact) mass is 616 g/mol. The van der Waals surface area contributed by atoms with Crippen molar-refractivity contribution in [1.29, 1.82) is 0 Å². The van der Waals surface area contributed by atoms with Crippen molar-refractivity contribution >= 4 is 13.8 Å². The van der Waals surface area contributed by atoms with Crippen LogP contribution in [0.15, 0.2) is 29.9 Å². The number of rotatable bonds is 8. The third-order valence-corrected chi connectivity index (χ3v) is 17.8. The second-order valence-electron chi connectivity index (χ2n) is 19.4. The Morgan fingerprint density at radius 1 is 0.750 bits per heavy atom. The Hall–Kier alpha value is -1.12. The molecule has 1 fully saturated rings. The molecule has 0 N–H and O–H groups in total. The van der Waals surface area contributed by atoms with Crippen LogP contribution in [0.4, 0.5) is 0 Å². The topological polar surface area (TPSA) is 3.24 Å². The van der Waals surface area contributed by atoms with E-state index in [9.17, 15) is 0 Å². The van der Waals surface area contributed by atoms with Crippen molar-refractivity contribution in [3.8, 4) is 0 Å². The summed E-state index contributed by atoms with van der Waals surface area (Å²) < 4.78 is 3.00. The molecule has 0 heterocycles. The molecule has 1 aromatic carbocycles. The maximum absolute atomic E-state index is 3.00. The van der Waals surface area contributed by atoms with Gasteiger partial charge in [-0.2, -0.15) is 0 Å². The van der Waals surface area contributed by atoms with E-state index in [4.69, 9.17) is 0 Å². The Morgan fingerprint density at radius 3 is 1.77 bits per heavy atom. The minimum Gasteiger partial charge on any atom is -0.314 e. The van der Waals surface area contributed by atoms with E-state index in [0.717, 1.165) is 5.54 Å². The highest BCUT2D eigenvalue weighted by Crippen LogP contribution is 2.63. The van der Waals surface area contributed by atoms with Crippen LogP contribution in [0.5, 0.6) is 0 Å². The molecule has 246 valence electrons. The number of benzene rings is 1. The summed E-state index contributed by atoms with van der Waals surface area (Å²) in [6.07, 6.45) is 18.9. The van der Waals surface area contributed by atoms with Crippen molar-refractivity contribution in [3.63, 3.8) is 0 Å². The van der Waals surface area contributed by atoms with Crippen LogP contribution < -0.4 is 0 Å². The minimum absolute atomic E-state index is 0.170. The minimum atomic E-state index is -1.80. The number of allylic oxidation sites excluding steroid dienone is 4. The van der Waals surface area contributed by atoms with Crippen LogP contribution in [0.3, 0.4) is 0 Å². The first-order valence-corrected chi connectivity index (χ1v) is 21.7. The molecule has 1 aromatic rings. The molecule has 0 spiro atoms. The van der Waals surface area contributed by atoms with Crippen molar-refractivity contribution in [2.75, 3.05) is 0 Å². The molecular formula is C42H69NSi. The molecule has 0 saturated heterocycles. The standard InChI is InChI=1S/C42H69NSi/c1-15-17-21-42(22-18-16-2)33-26-30-29(19-20-37(30)44(13,14)43(38(3,4)5)39(6,7)8)25-31(33)32-27-35-36(28-34(32)42)41(11,12)24-23-40(35,9)10/h25-30,37H,15-24H2,1-14H3. The Kier molecular flexibility index (Phi) is 8.75. The predicted octanol–water partition coefficient (Wildman–Crippen LogP) is 12.5. The first kappa shape index (κ1) is 34.2. The first-order chi connectivity index (χ1) is 20.2. The first-order valence-electron chi connectivity index (χ1n) is 18.7. The maximum Gasteiger partial charge on any atom is 0.126 e. The fourth-order valence-corrected chi connectivity index (χ4v) is 17.4. The summed E-state index contributed by atoms with van der Waals surface area (Å²) in [6, 6.07) is 5.51. The van der Waals surface area contributed by atoms with E-state index in [-0.39, 0.29) is 27.3 Å². The van der Waals surface area contributed by atoms with Gasteiger partial charge in [0.1, 0.15) is 8.24 Å². The molecule has 5 rings (SSSR count). The summed E-state index contributed by atoms with van der Waals surface area (Å²) in [6.45, 7) is 35.1. The van der Waals surface area contributed by atoms with E-state index in [1.165, 1.54) is 64.2 Å². The SMILES string of the molecule is CCCCC1(CCCC)C2=CC3C(C=C2c2cc4c(cc21)C(C)(C)CCC4(C)C)CCC3[Si](C)(C)N(C(C)(C)C)C(C)(C)C. The molecule has 44 heavy (non-hydrogen) atoms. The van der Waals surface area contributed by atoms with E-state index < -0.39 is 8.24 Å². The Balaban J connectivity index is 1.71. The van der Waals surface area contributed by atoms with Gasteiger partial charge in [0.05, 0.1) is 0 Å². The second-order valence-corrected chi connectivity index (χ2v) is 23.9. The van der Waals surface area contributed by atoms with Gasteiger partial charge in [-0.3, -0.25) is 0 Å². The fourth-order valence-electron chi connectivity index (χ4n) is 11.5. The zero-order valence-corrected chi connectivity index (χ0v) is 32.6. The second kappa shape index (κ2) is 11.2. The number of hydrogen-bond acceptors (Lipinski definition) is 1. The van der Waals surface area contributed by atoms with Gasteiger partial charge < -0.3 is 4.57 Å². The van der Waals surface area contributed by atoms with Gasteiger partial charge in [-0.25, -0.2) is 0 Å². The quantitative estimate of drug-likeness (QED) is 0.263. The zero-order chi connectivity index (χ0) is 32.7. The van der Waals surface area contributed by atoms with Gasteiger partial charge in [0, 0.05) is 16.5 Å². The third kappa shape index (κ3) is 5.48. The number of fused-ring (bicyclic) bond motifs is 5. The highest BCUT2D eigenvalue weighted by molar-refractivity contribution is 6.76. The van der Waals surface area contributed by atoms with Crippen molar-refractivity contribution < 1.29 is 0 Å². The Bertz CT molecular complexity index is 1280. The molecule has 0 amide bonds. The molecule has 0 bridgehead atoms. The van der Waals surface area contributed by atoms with Crippen LogP contribution in [0.25, 0.3) is 5.57 Å². The molecule has 0 radical (unpaired) electrons. The van der Waals surface area contributed by atoms with Crippen LogP contribution in [-0.4, -0.2) is 23.9 Å². The number of hydrogen-bond donors (Lipinski definition) is 0. The fraction of sp³-hybridized carbons (Fsp3) is 0.762. The van der Waals surface area contributed by atoms with Gasteiger partial charge in [-0.1, -0.05) is 111 Å². The predicted molar refractivity (Wildman–Crippen MR) is 197 cm³/mol. The van der Waals surface area contributed by atoms with Gasteiger partial charge in [0.25, 0.3) is 0 Å². The Labute approximate surface area is 274 Å². The van der Waals surface area contributed by atoms with Crippen LogP contribution >= 0.6 is 0 Å². The summed E-state index contributed by atoms with van der Waals surface area (Å²) in [7, 11) is -1.80. The Morgan fingerprint density at radius 2 is 1.27 bits per heavy atom. The van der Waals surface area contributed by atoms with Crippen molar-refractivity contribution in [2.45, 2.75) is 193 Å². The summed E-state index contributed by atoms with van der Waals surface area (Å²) >= 11 is 0. The van der Waals surface area contributed by atoms with E-state index in [2.05, 4.69) is 125 Å². The lowest BCUT2D eigenvalue weighted by molar-refractivity contribution is 0.122. The molecule has 0 aromatic heterocycles. The lowest BCUT2D eigenvalue weighted by atomic mass is 9.61. The summed E-state index contributed by atoms with van der Waals surface area (Å²) in [5.41, 5.74) is 11.8. The average Bonchev–Trinajstić information content (AvgIpc) is 3.43. The van der Waals surface area contributed by atoms with Crippen molar-refractivity contribution in [3.05, 3.63) is 52.1 Å². The average molecular weight is 616 g/mol. The molecule has 1 nitrogen and oxygen atoms in total. The molecule has 3 atom stereocenters. The number of nitrogens with zero attached hydrogens (tertiary/aromatic N) is 1. The van der Waals surface area contributed by atoms with Crippen molar-refractivity contribution in [1.82, 2.24) is 4.57 Å². The highest BCUT2D eigenvalue weighted by atomic mass is 28.3. The molecule has 1 saturated carbocycles. The number of unbranched alkanes of at least 4 members (excludes halogenated alkanes) is 2. The largest absolute Gasteiger partial charge is 0.314 e. The lowest BCUT2D eigenvalue weighted by Gasteiger charge is -2.57. The summed E-state index contributed by atoms with van der Waals surface area (Å²) in [5, 5.41) is 0. The normalized spacial score (nSPS) is 26.9. The van der Waals surface area contributed by atoms with Crippen molar-refractivity contribution in [2.24, 2.45) is 11.8 Å². The maximum atomic E-state index is 3.00. The van der Waals surface area contributed by atoms with E-state index in [0.29, 0.717) is 11.8 Å². The lowest BCUT2D eigenvalue weighted by Crippen LogP contribution is -2.67. The van der Waals surface area contributed by atoms with Crippen LogP contribution in [0, 0.1) is 11.8 Å². The summed E-state index contributed by atoms with van der Waals surface area (Å²) in [4.78, 5) is 0. The third-order valence-electron chi connectivity index (χ3n) is 12.9. The van der Waals surface area contributed by atoms with Gasteiger partial charge in [0.2, 0.25) is 0 Å². The van der Waals surface area contributed by atoms with Gasteiger partial charge in [0.15, 0.2) is 0 Å². The summed E-state index contributed by atoms with van der Waals surface area (Å²) in [5.74, 6) is 1.37. The van der Waals surface area contributed by atoms with Gasteiger partial charge in [-0.05, 0) is 135 Å². The molecule has 4 aliphatic carbocycles. The van der Waals surface area contributed by atoms with E-state index in [1.807, 2.05) is 0 Å². The highest BCUT2D eigenvalue weighted by Gasteiger charge is 2.55. The molecule has 2 heteroatoms. The smallest absolute Gasteiger partial charge is 0.126 e. The molecule has 4 aliphatic rings. The molecule has 0 aliphatic heterocycles. The zero-order valence-electron chi connectivity index (χ0n) is 31.6. The molecular weight excluding hydrogens is 547 g/mol. The molecule has 3 unspecified atom stereocenters. The van der Waals surface area contributed by atoms with Gasteiger partial charge in [-0.15, -0.1) is 0 Å². The van der Waals surface area contributed by atoms with Gasteiger partial charge >= 0.3 is 0 Å².